The Hall–Kier alpha value is -1.55. The van der Waals surface area contributed by atoms with Crippen LogP contribution in [0.2, 0.25) is 0 Å². The molecule has 174 valence electrons. The Labute approximate surface area is 204 Å². The van der Waals surface area contributed by atoms with Crippen LogP contribution in [0.15, 0.2) is 35.3 Å². The summed E-state index contributed by atoms with van der Waals surface area (Å²) < 4.78 is 0. The van der Waals surface area contributed by atoms with Crippen molar-refractivity contribution in [3.05, 3.63) is 30.3 Å². The summed E-state index contributed by atoms with van der Waals surface area (Å²) in [6.07, 6.45) is 3.90. The van der Waals surface area contributed by atoms with Crippen LogP contribution in [0, 0.1) is 0 Å². The van der Waals surface area contributed by atoms with Crippen LogP contribution in [-0.4, -0.2) is 86.6 Å². The lowest BCUT2D eigenvalue weighted by molar-refractivity contribution is -0.130. The molecule has 8 heteroatoms. The smallest absolute Gasteiger partial charge is 0.242 e. The molecule has 7 nitrogen and oxygen atoms in total. The van der Waals surface area contributed by atoms with Gasteiger partial charge >= 0.3 is 0 Å². The third-order valence-corrected chi connectivity index (χ3v) is 6.28. The minimum absolute atomic E-state index is 0. The van der Waals surface area contributed by atoms with Crippen LogP contribution in [0.25, 0.3) is 0 Å². The molecule has 2 fully saturated rings. The number of aliphatic imine (C=N–C) groups is 1. The molecule has 0 radical (unpaired) electrons. The molecule has 0 unspecified atom stereocenters. The van der Waals surface area contributed by atoms with Gasteiger partial charge in [0.15, 0.2) is 5.96 Å². The fourth-order valence-corrected chi connectivity index (χ4v) is 4.26. The van der Waals surface area contributed by atoms with Crippen molar-refractivity contribution in [3.63, 3.8) is 0 Å². The second-order valence-electron chi connectivity index (χ2n) is 8.84. The maximum absolute atomic E-state index is 12.7. The van der Waals surface area contributed by atoms with Gasteiger partial charge in [-0.15, -0.1) is 24.0 Å². The summed E-state index contributed by atoms with van der Waals surface area (Å²) in [6.45, 7) is 11.2. The summed E-state index contributed by atoms with van der Waals surface area (Å²) in [5.41, 5.74) is 1.29. The molecule has 0 atom stereocenters. The molecule has 1 amide bonds. The predicted molar refractivity (Wildman–Crippen MR) is 140 cm³/mol. The highest BCUT2D eigenvalue weighted by molar-refractivity contribution is 14.0. The number of guanidine groups is 1. The molecule has 1 aromatic rings. The van der Waals surface area contributed by atoms with E-state index in [0.29, 0.717) is 5.96 Å². The number of nitrogens with one attached hydrogen (secondary N) is 2. The largest absolute Gasteiger partial charge is 0.368 e. The summed E-state index contributed by atoms with van der Waals surface area (Å²) in [7, 11) is 1.76. The van der Waals surface area contributed by atoms with Crippen LogP contribution < -0.4 is 15.5 Å². The van der Waals surface area contributed by atoms with Gasteiger partial charge in [-0.1, -0.05) is 24.6 Å². The number of anilines is 1. The molecular formula is C23H39IN6O. The highest BCUT2D eigenvalue weighted by Gasteiger charge is 2.28. The van der Waals surface area contributed by atoms with E-state index >= 15 is 0 Å². The monoisotopic (exact) mass is 542 g/mol. The summed E-state index contributed by atoms with van der Waals surface area (Å²) in [5.74, 6) is 0.817. The molecule has 0 spiro atoms. The van der Waals surface area contributed by atoms with E-state index in [9.17, 15) is 4.79 Å². The third kappa shape index (κ3) is 7.52. The zero-order chi connectivity index (χ0) is 21.4. The summed E-state index contributed by atoms with van der Waals surface area (Å²) in [4.78, 5) is 23.8. The van der Waals surface area contributed by atoms with Gasteiger partial charge in [0.1, 0.15) is 0 Å². The molecule has 1 aromatic carbocycles. The Bertz CT molecular complexity index is 697. The van der Waals surface area contributed by atoms with Gasteiger partial charge in [0.25, 0.3) is 0 Å². The van der Waals surface area contributed by atoms with Crippen LogP contribution in [0.5, 0.6) is 0 Å². The van der Waals surface area contributed by atoms with Gasteiger partial charge in [0.2, 0.25) is 5.91 Å². The van der Waals surface area contributed by atoms with E-state index in [1.807, 2.05) is 11.0 Å². The molecule has 2 aliphatic heterocycles. The quantitative estimate of drug-likeness (QED) is 0.329. The highest BCUT2D eigenvalue weighted by Crippen LogP contribution is 2.19. The van der Waals surface area contributed by atoms with E-state index in [1.54, 1.807) is 7.05 Å². The van der Waals surface area contributed by atoms with Crippen molar-refractivity contribution in [3.8, 4) is 0 Å². The first-order valence-electron chi connectivity index (χ1n) is 11.3. The standard InChI is InChI=1S/C23H38N6O.HI/c1-23(2,29-12-8-5-9-13-29)19-26-22(24-3)25-18-21(30)28-16-14-27(15-17-28)20-10-6-4-7-11-20;/h4,6-7,10-11H,5,8-9,12-19H2,1-3H3,(H2,24,25,26);1H. The maximum Gasteiger partial charge on any atom is 0.242 e. The Morgan fingerprint density at radius 1 is 0.968 bits per heavy atom. The van der Waals surface area contributed by atoms with Crippen molar-refractivity contribution >= 4 is 41.5 Å². The van der Waals surface area contributed by atoms with E-state index in [1.165, 1.54) is 24.9 Å². The lowest BCUT2D eigenvalue weighted by atomic mass is 9.98. The number of hydrogen-bond acceptors (Lipinski definition) is 4. The summed E-state index contributed by atoms with van der Waals surface area (Å²) in [5, 5.41) is 6.61. The number of carbonyl (C=O) groups excluding carboxylic acids is 1. The number of benzene rings is 1. The number of amides is 1. The van der Waals surface area contributed by atoms with Crippen molar-refractivity contribution in [2.24, 2.45) is 4.99 Å². The van der Waals surface area contributed by atoms with Crippen LogP contribution in [0.3, 0.4) is 0 Å². The number of para-hydroxylation sites is 1. The zero-order valence-electron chi connectivity index (χ0n) is 19.3. The van der Waals surface area contributed by atoms with Gasteiger partial charge in [-0.3, -0.25) is 14.7 Å². The van der Waals surface area contributed by atoms with Crippen LogP contribution in [0.1, 0.15) is 33.1 Å². The van der Waals surface area contributed by atoms with Crippen molar-refractivity contribution in [1.29, 1.82) is 0 Å². The topological polar surface area (TPSA) is 63.2 Å². The number of likely N-dealkylation sites (tertiary alicyclic amines) is 1. The number of piperazine rings is 1. The molecule has 0 aliphatic carbocycles. The van der Waals surface area contributed by atoms with E-state index in [0.717, 1.165) is 45.8 Å². The number of nitrogens with zero attached hydrogens (tertiary/aromatic N) is 4. The lowest BCUT2D eigenvalue weighted by Gasteiger charge is -2.41. The molecule has 0 aromatic heterocycles. The van der Waals surface area contributed by atoms with Gasteiger partial charge < -0.3 is 20.4 Å². The Morgan fingerprint density at radius 3 is 2.23 bits per heavy atom. The molecule has 2 N–H and O–H groups in total. The average Bonchev–Trinajstić information content (AvgIpc) is 2.80. The number of piperidine rings is 1. The van der Waals surface area contributed by atoms with Crippen molar-refractivity contribution in [1.82, 2.24) is 20.4 Å². The predicted octanol–water partition coefficient (Wildman–Crippen LogP) is 2.38. The Kier molecular flexibility index (Phi) is 10.3. The van der Waals surface area contributed by atoms with Gasteiger partial charge in [-0.2, -0.15) is 0 Å². The fraction of sp³-hybridized carbons (Fsp3) is 0.652. The number of hydrogen-bond donors (Lipinski definition) is 2. The highest BCUT2D eigenvalue weighted by atomic mass is 127. The summed E-state index contributed by atoms with van der Waals surface area (Å²) >= 11 is 0. The lowest BCUT2D eigenvalue weighted by Crippen LogP contribution is -2.56. The van der Waals surface area contributed by atoms with E-state index < -0.39 is 0 Å². The third-order valence-electron chi connectivity index (χ3n) is 6.28. The van der Waals surface area contributed by atoms with E-state index in [4.69, 9.17) is 0 Å². The van der Waals surface area contributed by atoms with Gasteiger partial charge in [0, 0.05) is 51.0 Å². The molecule has 2 heterocycles. The zero-order valence-corrected chi connectivity index (χ0v) is 21.6. The molecule has 31 heavy (non-hydrogen) atoms. The normalized spacial score (nSPS) is 18.4. The first-order valence-corrected chi connectivity index (χ1v) is 11.3. The Morgan fingerprint density at radius 2 is 1.61 bits per heavy atom. The molecular weight excluding hydrogens is 503 g/mol. The average molecular weight is 543 g/mol. The minimum atomic E-state index is 0. The molecule has 0 bridgehead atoms. The minimum Gasteiger partial charge on any atom is -0.368 e. The van der Waals surface area contributed by atoms with Crippen LogP contribution in [-0.2, 0) is 4.79 Å². The van der Waals surface area contributed by atoms with E-state index in [-0.39, 0.29) is 42.0 Å². The van der Waals surface area contributed by atoms with Crippen molar-refractivity contribution in [2.45, 2.75) is 38.6 Å². The summed E-state index contributed by atoms with van der Waals surface area (Å²) in [6, 6.07) is 10.4. The van der Waals surface area contributed by atoms with E-state index in [2.05, 4.69) is 63.5 Å². The van der Waals surface area contributed by atoms with Crippen molar-refractivity contribution < 1.29 is 4.79 Å². The molecule has 3 rings (SSSR count). The van der Waals surface area contributed by atoms with Crippen molar-refractivity contribution in [2.75, 3.05) is 64.3 Å². The maximum atomic E-state index is 12.7. The SMILES string of the molecule is CN=C(NCC(=O)N1CCN(c2ccccc2)CC1)NCC(C)(C)N1CCCCC1.I. The molecule has 2 saturated heterocycles. The second-order valence-corrected chi connectivity index (χ2v) is 8.84. The number of rotatable bonds is 6. The number of carbonyl (C=O) groups is 1. The van der Waals surface area contributed by atoms with Crippen LogP contribution >= 0.6 is 24.0 Å². The molecule has 0 saturated carbocycles. The van der Waals surface area contributed by atoms with Gasteiger partial charge in [-0.25, -0.2) is 0 Å². The van der Waals surface area contributed by atoms with Crippen LogP contribution in [0.4, 0.5) is 5.69 Å². The van der Waals surface area contributed by atoms with Gasteiger partial charge in [-0.05, 0) is 51.9 Å². The Balaban J connectivity index is 0.00000341. The second kappa shape index (κ2) is 12.5. The number of halogens is 1. The first kappa shape index (κ1) is 25.7. The fourth-order valence-electron chi connectivity index (χ4n) is 4.26. The molecule has 2 aliphatic rings. The van der Waals surface area contributed by atoms with Gasteiger partial charge in [0.05, 0.1) is 6.54 Å². The first-order chi connectivity index (χ1) is 14.5.